The molecule has 2 N–H and O–H groups in total. The Morgan fingerprint density at radius 2 is 1.14 bits per heavy atom. The van der Waals surface area contributed by atoms with E-state index in [1.807, 2.05) is 43.4 Å². The van der Waals surface area contributed by atoms with Crippen molar-refractivity contribution in [2.24, 2.45) is 0 Å². The quantitative estimate of drug-likeness (QED) is 0.113. The average Bonchev–Trinajstić information content (AvgIpc) is 3.04. The molecule has 0 saturated carbocycles. The van der Waals surface area contributed by atoms with Crippen LogP contribution in [0.15, 0.2) is 54.6 Å². The number of anilines is 1. The van der Waals surface area contributed by atoms with Crippen molar-refractivity contribution in [3.63, 3.8) is 0 Å². The lowest BCUT2D eigenvalue weighted by atomic mass is 10.0. The Morgan fingerprint density at radius 3 is 1.74 bits per heavy atom. The van der Waals surface area contributed by atoms with Gasteiger partial charge in [-0.3, -0.25) is 4.79 Å². The molecule has 2 amide bonds. The van der Waals surface area contributed by atoms with Crippen molar-refractivity contribution in [2.45, 2.75) is 123 Å². The van der Waals surface area contributed by atoms with E-state index in [-0.39, 0.29) is 12.5 Å². The van der Waals surface area contributed by atoms with Gasteiger partial charge < -0.3 is 20.3 Å². The van der Waals surface area contributed by atoms with Gasteiger partial charge in [-0.1, -0.05) is 140 Å². The fourth-order valence-electron chi connectivity index (χ4n) is 5.35. The first kappa shape index (κ1) is 36.2. The number of hydrogen-bond acceptors (Lipinski definition) is 4. The van der Waals surface area contributed by atoms with Gasteiger partial charge in [0, 0.05) is 43.5 Å². The number of para-hydroxylation sites is 1. The van der Waals surface area contributed by atoms with Crippen molar-refractivity contribution >= 4 is 17.7 Å². The third-order valence-corrected chi connectivity index (χ3v) is 8.07. The van der Waals surface area contributed by atoms with Crippen molar-refractivity contribution in [2.75, 3.05) is 31.6 Å². The molecule has 0 aliphatic rings. The molecule has 6 heteroatoms. The Morgan fingerprint density at radius 1 is 0.628 bits per heavy atom. The number of carbonyl (C=O) groups excluding carboxylic acids is 2. The van der Waals surface area contributed by atoms with Crippen LogP contribution in [0.1, 0.15) is 132 Å². The Balaban J connectivity index is 1.47. The first-order valence-electron chi connectivity index (χ1n) is 17.1. The van der Waals surface area contributed by atoms with E-state index in [0.29, 0.717) is 24.2 Å². The van der Waals surface area contributed by atoms with Crippen molar-refractivity contribution in [3.05, 3.63) is 65.7 Å². The number of ether oxygens (including phenoxy) is 1. The standard InChI is InChI=1S/C37H59N3O3/c1-3-4-5-6-7-8-9-10-11-12-13-14-15-16-17-23-29-38-36(41)35-28-22-21-25-33(35)32-43-37(42)39-30-24-31-40(2)34-26-19-18-20-27-34/h18-22,25-28H,3-17,23-24,29-32H2,1-2H3,(H,38,41)(H,39,42). The second kappa shape index (κ2) is 24.4. The minimum atomic E-state index is -0.467. The predicted molar refractivity (Wildman–Crippen MR) is 181 cm³/mol. The maximum absolute atomic E-state index is 12.8. The van der Waals surface area contributed by atoms with Crippen LogP contribution in [0, 0.1) is 0 Å². The van der Waals surface area contributed by atoms with Crippen LogP contribution in [0.5, 0.6) is 0 Å². The largest absolute Gasteiger partial charge is 0.445 e. The minimum Gasteiger partial charge on any atom is -0.445 e. The molecule has 6 nitrogen and oxygen atoms in total. The first-order valence-corrected chi connectivity index (χ1v) is 17.1. The van der Waals surface area contributed by atoms with Crippen molar-refractivity contribution in [3.8, 4) is 0 Å². The summed E-state index contributed by atoms with van der Waals surface area (Å²) in [5, 5.41) is 5.85. The number of nitrogens with zero attached hydrogens (tertiary/aromatic N) is 1. The number of alkyl carbamates (subject to hydrolysis) is 1. The lowest BCUT2D eigenvalue weighted by Crippen LogP contribution is -2.29. The summed E-state index contributed by atoms with van der Waals surface area (Å²) in [7, 11) is 2.04. The third-order valence-electron chi connectivity index (χ3n) is 8.07. The Hall–Kier alpha value is -3.02. The summed E-state index contributed by atoms with van der Waals surface area (Å²) in [6.07, 6.45) is 21.7. The van der Waals surface area contributed by atoms with Gasteiger partial charge in [0.15, 0.2) is 0 Å². The number of unbranched alkanes of at least 4 members (excludes halogenated alkanes) is 15. The van der Waals surface area contributed by atoms with Gasteiger partial charge in [-0.25, -0.2) is 4.79 Å². The van der Waals surface area contributed by atoms with Crippen LogP contribution in [-0.4, -0.2) is 38.7 Å². The summed E-state index contributed by atoms with van der Waals surface area (Å²) in [5.41, 5.74) is 2.43. The molecule has 43 heavy (non-hydrogen) atoms. The van der Waals surface area contributed by atoms with E-state index in [2.05, 4.69) is 34.6 Å². The van der Waals surface area contributed by atoms with Gasteiger partial charge in [0.05, 0.1) is 0 Å². The molecule has 0 aliphatic carbocycles. The molecule has 2 rings (SSSR count). The number of hydrogen-bond donors (Lipinski definition) is 2. The van der Waals surface area contributed by atoms with Crippen molar-refractivity contribution in [1.82, 2.24) is 10.6 Å². The summed E-state index contributed by atoms with van der Waals surface area (Å²) in [4.78, 5) is 27.2. The van der Waals surface area contributed by atoms with Crippen LogP contribution in [0.2, 0.25) is 0 Å². The number of carbonyl (C=O) groups is 2. The lowest BCUT2D eigenvalue weighted by Gasteiger charge is -2.19. The van der Waals surface area contributed by atoms with Gasteiger partial charge in [-0.05, 0) is 31.0 Å². The third kappa shape index (κ3) is 17.6. The number of amides is 2. The highest BCUT2D eigenvalue weighted by atomic mass is 16.5. The molecular weight excluding hydrogens is 534 g/mol. The smallest absolute Gasteiger partial charge is 0.407 e. The zero-order chi connectivity index (χ0) is 30.8. The van der Waals surface area contributed by atoms with Gasteiger partial charge in [0.2, 0.25) is 0 Å². The summed E-state index contributed by atoms with van der Waals surface area (Å²) < 4.78 is 5.41. The Bertz CT molecular complexity index is 982. The van der Waals surface area contributed by atoms with Crippen LogP contribution in [0.4, 0.5) is 10.5 Å². The number of nitrogens with one attached hydrogen (secondary N) is 2. The Kier molecular flexibility index (Phi) is 20.5. The van der Waals surface area contributed by atoms with Gasteiger partial charge in [-0.2, -0.15) is 0 Å². The lowest BCUT2D eigenvalue weighted by molar-refractivity contribution is 0.0946. The molecule has 0 saturated heterocycles. The number of benzene rings is 2. The topological polar surface area (TPSA) is 70.7 Å². The van der Waals surface area contributed by atoms with E-state index >= 15 is 0 Å². The molecule has 0 bridgehead atoms. The van der Waals surface area contributed by atoms with Crippen molar-refractivity contribution < 1.29 is 14.3 Å². The van der Waals surface area contributed by atoms with E-state index < -0.39 is 6.09 Å². The van der Waals surface area contributed by atoms with Crippen LogP contribution in [0.25, 0.3) is 0 Å². The van der Waals surface area contributed by atoms with E-state index in [4.69, 9.17) is 4.74 Å². The van der Waals surface area contributed by atoms with E-state index in [1.165, 1.54) is 89.9 Å². The molecule has 0 atom stereocenters. The molecule has 0 radical (unpaired) electrons. The van der Waals surface area contributed by atoms with E-state index in [9.17, 15) is 9.59 Å². The summed E-state index contributed by atoms with van der Waals surface area (Å²) >= 11 is 0. The molecule has 0 spiro atoms. The molecule has 0 unspecified atom stereocenters. The van der Waals surface area contributed by atoms with Gasteiger partial charge in [0.25, 0.3) is 5.91 Å². The maximum Gasteiger partial charge on any atom is 0.407 e. The van der Waals surface area contributed by atoms with Crippen molar-refractivity contribution in [1.29, 1.82) is 0 Å². The Labute approximate surface area is 262 Å². The molecule has 0 heterocycles. The molecule has 0 aromatic heterocycles. The maximum atomic E-state index is 12.8. The van der Waals surface area contributed by atoms with Crippen LogP contribution in [-0.2, 0) is 11.3 Å². The highest BCUT2D eigenvalue weighted by Gasteiger charge is 2.12. The highest BCUT2D eigenvalue weighted by molar-refractivity contribution is 5.95. The monoisotopic (exact) mass is 593 g/mol. The fourth-order valence-corrected chi connectivity index (χ4v) is 5.35. The van der Waals surface area contributed by atoms with E-state index in [1.54, 1.807) is 6.07 Å². The summed E-state index contributed by atoms with van der Waals surface area (Å²) in [6, 6.07) is 17.5. The van der Waals surface area contributed by atoms with Gasteiger partial charge in [0.1, 0.15) is 6.61 Å². The normalized spacial score (nSPS) is 10.8. The van der Waals surface area contributed by atoms with Crippen LogP contribution < -0.4 is 15.5 Å². The fraction of sp³-hybridized carbons (Fsp3) is 0.622. The number of rotatable bonds is 25. The SMILES string of the molecule is CCCCCCCCCCCCCCCCCCNC(=O)c1ccccc1COC(=O)NCCCN(C)c1ccccc1. The molecular formula is C37H59N3O3. The highest BCUT2D eigenvalue weighted by Crippen LogP contribution is 2.15. The molecule has 240 valence electrons. The van der Waals surface area contributed by atoms with Gasteiger partial charge >= 0.3 is 6.09 Å². The average molecular weight is 594 g/mol. The molecule has 0 aliphatic heterocycles. The minimum absolute atomic E-state index is 0.0678. The van der Waals surface area contributed by atoms with Crippen LogP contribution >= 0.6 is 0 Å². The van der Waals surface area contributed by atoms with Gasteiger partial charge in [-0.15, -0.1) is 0 Å². The molecule has 2 aromatic rings. The van der Waals surface area contributed by atoms with E-state index in [0.717, 1.165) is 31.5 Å². The second-order valence-corrected chi connectivity index (χ2v) is 11.8. The predicted octanol–water partition coefficient (Wildman–Crippen LogP) is 9.43. The summed E-state index contributed by atoms with van der Waals surface area (Å²) in [5.74, 6) is -0.107. The molecule has 0 fully saturated rings. The summed E-state index contributed by atoms with van der Waals surface area (Å²) in [6.45, 7) is 4.37. The first-order chi connectivity index (χ1) is 21.1. The van der Waals surface area contributed by atoms with Crippen LogP contribution in [0.3, 0.4) is 0 Å². The molecule has 2 aromatic carbocycles. The zero-order valence-electron chi connectivity index (χ0n) is 27.2. The second-order valence-electron chi connectivity index (χ2n) is 11.8. The zero-order valence-corrected chi connectivity index (χ0v) is 27.2.